The number of hydrogen-bond acceptors (Lipinski definition) is 1. The summed E-state index contributed by atoms with van der Waals surface area (Å²) in [6.07, 6.45) is 5.21. The van der Waals surface area contributed by atoms with Crippen molar-refractivity contribution >= 4 is 0 Å². The molecule has 0 saturated carbocycles. The highest BCUT2D eigenvalue weighted by atomic mass is 14.9. The smallest absolute Gasteiger partial charge is 0.0322 e. The fraction of sp³-hybridized carbons (Fsp3) is 0.625. The second kappa shape index (κ2) is 7.50. The molecular formula is C16H27N. The van der Waals surface area contributed by atoms with Crippen molar-refractivity contribution in [2.24, 2.45) is 0 Å². The number of nitrogens with one attached hydrogen (secondary N) is 1. The van der Waals surface area contributed by atoms with Gasteiger partial charge in [0.15, 0.2) is 0 Å². The summed E-state index contributed by atoms with van der Waals surface area (Å²) in [4.78, 5) is 0. The van der Waals surface area contributed by atoms with Crippen LogP contribution in [0.3, 0.4) is 0 Å². The van der Waals surface area contributed by atoms with Crippen LogP contribution in [0.2, 0.25) is 0 Å². The van der Waals surface area contributed by atoms with Gasteiger partial charge < -0.3 is 5.32 Å². The summed E-state index contributed by atoms with van der Waals surface area (Å²) in [7, 11) is 0. The lowest BCUT2D eigenvalue weighted by molar-refractivity contribution is 0.484. The van der Waals surface area contributed by atoms with E-state index in [9.17, 15) is 0 Å². The van der Waals surface area contributed by atoms with E-state index < -0.39 is 0 Å². The van der Waals surface area contributed by atoms with Gasteiger partial charge in [-0.2, -0.15) is 0 Å². The molecule has 17 heavy (non-hydrogen) atoms. The van der Waals surface area contributed by atoms with Gasteiger partial charge in [-0.25, -0.2) is 0 Å². The standard InChI is InChI=1S/C16H27N/c1-5-7-8-9-16(17-6-2)15-12-13(3)10-11-14(15)4/h10-12,16-17H,5-9H2,1-4H3. The highest BCUT2D eigenvalue weighted by Gasteiger charge is 2.12. The van der Waals surface area contributed by atoms with Gasteiger partial charge in [0, 0.05) is 6.04 Å². The third-order valence-corrected chi connectivity index (χ3v) is 3.36. The Labute approximate surface area is 107 Å². The van der Waals surface area contributed by atoms with Crippen LogP contribution in [0.25, 0.3) is 0 Å². The van der Waals surface area contributed by atoms with Crippen molar-refractivity contribution in [1.29, 1.82) is 0 Å². The molecule has 0 fully saturated rings. The van der Waals surface area contributed by atoms with Crippen molar-refractivity contribution in [1.82, 2.24) is 5.32 Å². The molecule has 1 unspecified atom stereocenters. The van der Waals surface area contributed by atoms with Gasteiger partial charge in [0.2, 0.25) is 0 Å². The van der Waals surface area contributed by atoms with Crippen molar-refractivity contribution in [2.75, 3.05) is 6.54 Å². The van der Waals surface area contributed by atoms with Crippen molar-refractivity contribution in [3.63, 3.8) is 0 Å². The minimum absolute atomic E-state index is 0.534. The van der Waals surface area contributed by atoms with Gasteiger partial charge in [0.05, 0.1) is 0 Å². The predicted octanol–water partition coefficient (Wildman–Crippen LogP) is 4.53. The van der Waals surface area contributed by atoms with E-state index in [1.807, 2.05) is 0 Å². The number of benzene rings is 1. The topological polar surface area (TPSA) is 12.0 Å². The van der Waals surface area contributed by atoms with E-state index in [4.69, 9.17) is 0 Å². The zero-order chi connectivity index (χ0) is 12.7. The summed E-state index contributed by atoms with van der Waals surface area (Å²) < 4.78 is 0. The molecule has 0 radical (unpaired) electrons. The first-order chi connectivity index (χ1) is 8.19. The van der Waals surface area contributed by atoms with E-state index in [0.717, 1.165) is 6.54 Å². The second-order valence-electron chi connectivity index (χ2n) is 4.97. The van der Waals surface area contributed by atoms with Gasteiger partial charge in [0.1, 0.15) is 0 Å². The molecule has 0 aliphatic carbocycles. The van der Waals surface area contributed by atoms with Gasteiger partial charge in [-0.05, 0) is 37.9 Å². The Morgan fingerprint density at radius 1 is 1.12 bits per heavy atom. The molecule has 1 aromatic rings. The van der Waals surface area contributed by atoms with Crippen LogP contribution in [-0.2, 0) is 0 Å². The molecule has 1 heteroatoms. The summed E-state index contributed by atoms with van der Waals surface area (Å²) in [5.74, 6) is 0. The Hall–Kier alpha value is -0.820. The zero-order valence-corrected chi connectivity index (χ0v) is 11.8. The number of hydrogen-bond donors (Lipinski definition) is 1. The molecule has 0 amide bonds. The van der Waals surface area contributed by atoms with Crippen LogP contribution in [-0.4, -0.2) is 6.54 Å². The third kappa shape index (κ3) is 4.51. The highest BCUT2D eigenvalue weighted by molar-refractivity contribution is 5.33. The van der Waals surface area contributed by atoms with Crippen LogP contribution < -0.4 is 5.32 Å². The molecule has 0 aliphatic heterocycles. The number of rotatable bonds is 7. The Morgan fingerprint density at radius 2 is 1.88 bits per heavy atom. The molecule has 1 nitrogen and oxygen atoms in total. The van der Waals surface area contributed by atoms with E-state index in [1.165, 1.54) is 42.4 Å². The molecular weight excluding hydrogens is 206 g/mol. The maximum absolute atomic E-state index is 3.63. The third-order valence-electron chi connectivity index (χ3n) is 3.36. The normalized spacial score (nSPS) is 12.7. The maximum atomic E-state index is 3.63. The Morgan fingerprint density at radius 3 is 2.53 bits per heavy atom. The minimum atomic E-state index is 0.534. The molecule has 0 heterocycles. The first kappa shape index (κ1) is 14.2. The quantitative estimate of drug-likeness (QED) is 0.682. The average molecular weight is 233 g/mol. The van der Waals surface area contributed by atoms with Gasteiger partial charge in [0.25, 0.3) is 0 Å². The van der Waals surface area contributed by atoms with Crippen molar-refractivity contribution in [3.8, 4) is 0 Å². The first-order valence-corrected chi connectivity index (χ1v) is 6.99. The summed E-state index contributed by atoms with van der Waals surface area (Å²) in [5, 5.41) is 3.63. The Bertz CT molecular complexity index is 330. The number of unbranched alkanes of at least 4 members (excludes halogenated alkanes) is 2. The van der Waals surface area contributed by atoms with Crippen molar-refractivity contribution in [2.45, 2.75) is 59.4 Å². The van der Waals surface area contributed by atoms with Crippen molar-refractivity contribution < 1.29 is 0 Å². The predicted molar refractivity (Wildman–Crippen MR) is 76.5 cm³/mol. The molecule has 0 spiro atoms. The van der Waals surface area contributed by atoms with Crippen LogP contribution in [0, 0.1) is 13.8 Å². The lowest BCUT2D eigenvalue weighted by atomic mass is 9.95. The SMILES string of the molecule is CCCCCC(NCC)c1cc(C)ccc1C. The molecule has 0 aromatic heterocycles. The van der Waals surface area contributed by atoms with Crippen LogP contribution in [0.1, 0.15) is 62.3 Å². The number of aryl methyl sites for hydroxylation is 2. The van der Waals surface area contributed by atoms with E-state index in [2.05, 4.69) is 51.2 Å². The van der Waals surface area contributed by atoms with E-state index >= 15 is 0 Å². The van der Waals surface area contributed by atoms with E-state index in [-0.39, 0.29) is 0 Å². The molecule has 1 N–H and O–H groups in total. The fourth-order valence-corrected chi connectivity index (χ4v) is 2.35. The molecule has 96 valence electrons. The minimum Gasteiger partial charge on any atom is -0.310 e. The fourth-order valence-electron chi connectivity index (χ4n) is 2.35. The van der Waals surface area contributed by atoms with Gasteiger partial charge in [-0.3, -0.25) is 0 Å². The lowest BCUT2D eigenvalue weighted by Crippen LogP contribution is -2.21. The van der Waals surface area contributed by atoms with Crippen LogP contribution in [0.4, 0.5) is 0 Å². The first-order valence-electron chi connectivity index (χ1n) is 6.99. The van der Waals surface area contributed by atoms with Crippen molar-refractivity contribution in [3.05, 3.63) is 34.9 Å². The monoisotopic (exact) mass is 233 g/mol. The summed E-state index contributed by atoms with van der Waals surface area (Å²) in [6, 6.07) is 7.32. The molecule has 1 aromatic carbocycles. The molecule has 1 atom stereocenters. The van der Waals surface area contributed by atoms with E-state index in [1.54, 1.807) is 0 Å². The average Bonchev–Trinajstić information content (AvgIpc) is 2.32. The molecule has 1 rings (SSSR count). The Balaban J connectivity index is 2.77. The Kier molecular flexibility index (Phi) is 6.28. The maximum Gasteiger partial charge on any atom is 0.0322 e. The van der Waals surface area contributed by atoms with Crippen LogP contribution in [0.5, 0.6) is 0 Å². The zero-order valence-electron chi connectivity index (χ0n) is 11.8. The second-order valence-corrected chi connectivity index (χ2v) is 4.97. The van der Waals surface area contributed by atoms with Crippen LogP contribution in [0.15, 0.2) is 18.2 Å². The molecule has 0 bridgehead atoms. The summed E-state index contributed by atoms with van der Waals surface area (Å²) in [6.45, 7) is 9.90. The molecule has 0 saturated heterocycles. The van der Waals surface area contributed by atoms with Crippen LogP contribution >= 0.6 is 0 Å². The lowest BCUT2D eigenvalue weighted by Gasteiger charge is -2.21. The molecule has 0 aliphatic rings. The summed E-state index contributed by atoms with van der Waals surface area (Å²) in [5.41, 5.74) is 4.27. The summed E-state index contributed by atoms with van der Waals surface area (Å²) >= 11 is 0. The van der Waals surface area contributed by atoms with Gasteiger partial charge in [-0.1, -0.05) is 56.9 Å². The highest BCUT2D eigenvalue weighted by Crippen LogP contribution is 2.24. The van der Waals surface area contributed by atoms with Gasteiger partial charge in [-0.15, -0.1) is 0 Å². The van der Waals surface area contributed by atoms with Gasteiger partial charge >= 0.3 is 0 Å². The largest absolute Gasteiger partial charge is 0.310 e. The van der Waals surface area contributed by atoms with E-state index in [0.29, 0.717) is 6.04 Å².